The number of phenolic OH excluding ortho intramolecular Hbond substituents is 2. The molecule has 0 saturated heterocycles. The number of hydrogen-bond acceptors (Lipinski definition) is 4. The molecule has 0 heterocycles. The van der Waals surface area contributed by atoms with Crippen LogP contribution >= 0.6 is 11.6 Å². The summed E-state index contributed by atoms with van der Waals surface area (Å²) in [4.78, 5) is 28.7. The van der Waals surface area contributed by atoms with Crippen molar-refractivity contribution in [3.63, 3.8) is 0 Å². The Hall–Kier alpha value is -3.51. The number of carbonyl (C=O) groups is 2. The maximum atomic E-state index is 13.5. The van der Waals surface area contributed by atoms with Crippen LogP contribution in [0.15, 0.2) is 66.7 Å². The van der Waals surface area contributed by atoms with Gasteiger partial charge in [0.1, 0.15) is 11.5 Å². The van der Waals surface area contributed by atoms with Gasteiger partial charge in [-0.05, 0) is 42.8 Å². The van der Waals surface area contributed by atoms with Gasteiger partial charge in [0.2, 0.25) is 0 Å². The predicted octanol–water partition coefficient (Wildman–Crippen LogP) is 4.86. The van der Waals surface area contributed by atoms with Gasteiger partial charge in [-0.1, -0.05) is 41.9 Å². The Bertz CT molecular complexity index is 1100. The summed E-state index contributed by atoms with van der Waals surface area (Å²) in [5, 5.41) is 20.0. The molecule has 0 aliphatic heterocycles. The molecule has 3 rings (SSSR count). The van der Waals surface area contributed by atoms with E-state index in [9.17, 15) is 19.8 Å². The molecule has 0 radical (unpaired) electrons. The first-order chi connectivity index (χ1) is 14.7. The van der Waals surface area contributed by atoms with Crippen LogP contribution in [0.3, 0.4) is 0 Å². The summed E-state index contributed by atoms with van der Waals surface area (Å²) >= 11 is 5.99. The number of amides is 2. The molecule has 0 aliphatic carbocycles. The first-order valence-electron chi connectivity index (χ1n) is 9.62. The van der Waals surface area contributed by atoms with Crippen LogP contribution in [-0.4, -0.2) is 41.0 Å². The zero-order valence-electron chi connectivity index (χ0n) is 17.4. The molecule has 7 heteroatoms. The van der Waals surface area contributed by atoms with Gasteiger partial charge in [0.05, 0.1) is 16.6 Å². The molecular formula is C24H23ClN2O4. The summed E-state index contributed by atoms with van der Waals surface area (Å²) in [5.41, 5.74) is 1.87. The van der Waals surface area contributed by atoms with E-state index >= 15 is 0 Å². The highest BCUT2D eigenvalue weighted by molar-refractivity contribution is 6.32. The third-order valence-electron chi connectivity index (χ3n) is 4.98. The van der Waals surface area contributed by atoms with E-state index in [0.717, 1.165) is 11.6 Å². The Balaban J connectivity index is 2.08. The smallest absolute Gasteiger partial charge is 0.262 e. The van der Waals surface area contributed by atoms with Crippen molar-refractivity contribution in [3.05, 3.63) is 88.4 Å². The van der Waals surface area contributed by atoms with E-state index in [1.807, 2.05) is 37.3 Å². The molecule has 0 spiro atoms. The van der Waals surface area contributed by atoms with Crippen LogP contribution in [-0.2, 0) is 0 Å². The minimum atomic E-state index is -0.498. The molecule has 0 unspecified atom stereocenters. The van der Waals surface area contributed by atoms with Gasteiger partial charge < -0.3 is 20.0 Å². The Kier molecular flexibility index (Phi) is 6.51. The van der Waals surface area contributed by atoms with E-state index < -0.39 is 11.9 Å². The molecule has 0 aliphatic rings. The van der Waals surface area contributed by atoms with Gasteiger partial charge in [0.15, 0.2) is 0 Å². The minimum Gasteiger partial charge on any atom is -0.507 e. The molecule has 0 fully saturated rings. The molecule has 6 nitrogen and oxygen atoms in total. The maximum absolute atomic E-state index is 13.5. The molecular weight excluding hydrogens is 416 g/mol. The van der Waals surface area contributed by atoms with Gasteiger partial charge in [-0.3, -0.25) is 9.59 Å². The molecule has 31 heavy (non-hydrogen) atoms. The number of halogens is 1. The highest BCUT2D eigenvalue weighted by atomic mass is 35.5. The predicted molar refractivity (Wildman–Crippen MR) is 121 cm³/mol. The van der Waals surface area contributed by atoms with Crippen molar-refractivity contribution >= 4 is 29.1 Å². The number of hydrogen-bond donors (Lipinski definition) is 2. The normalized spacial score (nSPS) is 11.6. The average Bonchev–Trinajstić information content (AvgIpc) is 2.76. The van der Waals surface area contributed by atoms with Gasteiger partial charge in [0.25, 0.3) is 11.8 Å². The summed E-state index contributed by atoms with van der Waals surface area (Å²) in [6.45, 7) is 1.87. The summed E-state index contributed by atoms with van der Waals surface area (Å²) in [5.74, 6) is -1.34. The lowest BCUT2D eigenvalue weighted by Gasteiger charge is -2.30. The highest BCUT2D eigenvalue weighted by Gasteiger charge is 2.27. The fourth-order valence-corrected chi connectivity index (χ4v) is 3.44. The Morgan fingerprint density at radius 1 is 0.871 bits per heavy atom. The van der Waals surface area contributed by atoms with Crippen LogP contribution in [0, 0.1) is 0 Å². The van der Waals surface area contributed by atoms with E-state index in [1.54, 1.807) is 38.4 Å². The average molecular weight is 439 g/mol. The van der Waals surface area contributed by atoms with Crippen molar-refractivity contribution in [2.24, 2.45) is 0 Å². The van der Waals surface area contributed by atoms with Gasteiger partial charge >= 0.3 is 0 Å². The lowest BCUT2D eigenvalue weighted by Crippen LogP contribution is -2.34. The monoisotopic (exact) mass is 438 g/mol. The third kappa shape index (κ3) is 4.64. The van der Waals surface area contributed by atoms with Crippen LogP contribution in [0.4, 0.5) is 5.69 Å². The minimum absolute atomic E-state index is 0.0413. The van der Waals surface area contributed by atoms with Crippen molar-refractivity contribution in [1.29, 1.82) is 0 Å². The molecule has 2 amide bonds. The fourth-order valence-electron chi connectivity index (χ4n) is 3.27. The van der Waals surface area contributed by atoms with Crippen LogP contribution in [0.5, 0.6) is 11.5 Å². The standard InChI is InChI=1S/C24H23ClN2O4/c1-15(16-7-5-4-6-8-16)27(18-11-9-17(10-12-18)23(30)26(2)3)24(31)19-13-20(25)22(29)14-21(19)28/h4-15,28-29H,1-3H3/t15-/m0/s1. The number of phenols is 2. The Labute approximate surface area is 185 Å². The fraction of sp³-hybridized carbons (Fsp3) is 0.167. The van der Waals surface area contributed by atoms with Gasteiger partial charge in [0, 0.05) is 31.4 Å². The highest BCUT2D eigenvalue weighted by Crippen LogP contribution is 2.35. The van der Waals surface area contributed by atoms with Gasteiger partial charge in [-0.2, -0.15) is 0 Å². The SMILES string of the molecule is C[C@@H](c1ccccc1)N(C(=O)c1cc(Cl)c(O)cc1O)c1ccc(C(=O)N(C)C)cc1. The maximum Gasteiger partial charge on any atom is 0.262 e. The van der Waals surface area contributed by atoms with E-state index in [4.69, 9.17) is 11.6 Å². The molecule has 3 aromatic rings. The van der Waals surface area contributed by atoms with Crippen molar-refractivity contribution < 1.29 is 19.8 Å². The number of benzene rings is 3. The van der Waals surface area contributed by atoms with Crippen LogP contribution < -0.4 is 4.90 Å². The largest absolute Gasteiger partial charge is 0.507 e. The van der Waals surface area contributed by atoms with Crippen molar-refractivity contribution in [1.82, 2.24) is 4.90 Å². The van der Waals surface area contributed by atoms with Crippen LogP contribution in [0.2, 0.25) is 5.02 Å². The molecule has 1 atom stereocenters. The molecule has 3 aromatic carbocycles. The van der Waals surface area contributed by atoms with Crippen molar-refractivity contribution in [2.45, 2.75) is 13.0 Å². The number of rotatable bonds is 5. The Morgan fingerprint density at radius 2 is 1.48 bits per heavy atom. The van der Waals surface area contributed by atoms with E-state index in [-0.39, 0.29) is 28.0 Å². The molecule has 2 N–H and O–H groups in total. The van der Waals surface area contributed by atoms with E-state index in [0.29, 0.717) is 11.3 Å². The topological polar surface area (TPSA) is 81.1 Å². The molecule has 160 valence electrons. The summed E-state index contributed by atoms with van der Waals surface area (Å²) < 4.78 is 0. The van der Waals surface area contributed by atoms with Gasteiger partial charge in [-0.25, -0.2) is 0 Å². The second-order valence-electron chi connectivity index (χ2n) is 7.33. The number of carbonyl (C=O) groups excluding carboxylic acids is 2. The van der Waals surface area contributed by atoms with Crippen molar-refractivity contribution in [3.8, 4) is 11.5 Å². The van der Waals surface area contributed by atoms with E-state index in [1.165, 1.54) is 15.9 Å². The summed E-state index contributed by atoms with van der Waals surface area (Å²) in [6, 6.07) is 18.0. The summed E-state index contributed by atoms with van der Waals surface area (Å²) in [6.07, 6.45) is 0. The summed E-state index contributed by atoms with van der Waals surface area (Å²) in [7, 11) is 3.34. The lowest BCUT2D eigenvalue weighted by atomic mass is 10.0. The van der Waals surface area contributed by atoms with E-state index in [2.05, 4.69) is 0 Å². The molecule has 0 saturated carbocycles. The molecule has 0 bridgehead atoms. The van der Waals surface area contributed by atoms with Crippen LogP contribution in [0.1, 0.15) is 39.2 Å². The number of nitrogens with zero attached hydrogens (tertiary/aromatic N) is 2. The lowest BCUT2D eigenvalue weighted by molar-refractivity contribution is 0.0827. The first-order valence-corrected chi connectivity index (χ1v) is 10.00. The first kappa shape index (κ1) is 22.2. The quantitative estimate of drug-likeness (QED) is 0.596. The third-order valence-corrected chi connectivity index (χ3v) is 5.28. The van der Waals surface area contributed by atoms with Crippen LogP contribution in [0.25, 0.3) is 0 Å². The number of aromatic hydroxyl groups is 2. The van der Waals surface area contributed by atoms with Gasteiger partial charge in [-0.15, -0.1) is 0 Å². The van der Waals surface area contributed by atoms with Crippen molar-refractivity contribution in [2.75, 3.05) is 19.0 Å². The Morgan fingerprint density at radius 3 is 2.06 bits per heavy atom. The zero-order chi connectivity index (χ0) is 22.7. The second-order valence-corrected chi connectivity index (χ2v) is 7.74. The second kappa shape index (κ2) is 9.10. The number of anilines is 1. The zero-order valence-corrected chi connectivity index (χ0v) is 18.2. The molecule has 0 aromatic heterocycles.